The highest BCUT2D eigenvalue weighted by Gasteiger charge is 2.16. The van der Waals surface area contributed by atoms with Crippen molar-refractivity contribution in [1.29, 1.82) is 0 Å². The van der Waals surface area contributed by atoms with Crippen LogP contribution in [0.1, 0.15) is 30.2 Å². The number of thiophene rings is 1. The Balaban J connectivity index is 1.55. The molecule has 28 heavy (non-hydrogen) atoms. The van der Waals surface area contributed by atoms with Gasteiger partial charge in [-0.25, -0.2) is 4.99 Å². The highest BCUT2D eigenvalue weighted by molar-refractivity contribution is 7.10. The van der Waals surface area contributed by atoms with Crippen LogP contribution in [0.15, 0.2) is 46.8 Å². The highest BCUT2D eigenvalue weighted by atomic mass is 32.1. The average molecular weight is 400 g/mol. The van der Waals surface area contributed by atoms with Crippen molar-refractivity contribution in [2.75, 3.05) is 37.6 Å². The summed E-state index contributed by atoms with van der Waals surface area (Å²) in [6, 6.07) is 12.6. The second-order valence-corrected chi connectivity index (χ2v) is 7.91. The monoisotopic (exact) mass is 399 g/mol. The Morgan fingerprint density at radius 3 is 2.79 bits per heavy atom. The molecule has 7 heteroatoms. The first-order valence-corrected chi connectivity index (χ1v) is 10.7. The van der Waals surface area contributed by atoms with E-state index in [4.69, 9.17) is 4.99 Å². The van der Waals surface area contributed by atoms with Gasteiger partial charge in [0, 0.05) is 42.7 Å². The predicted molar refractivity (Wildman–Crippen MR) is 117 cm³/mol. The minimum absolute atomic E-state index is 0.0815. The van der Waals surface area contributed by atoms with E-state index in [-0.39, 0.29) is 5.91 Å². The van der Waals surface area contributed by atoms with E-state index in [0.717, 1.165) is 36.8 Å². The molecule has 1 unspecified atom stereocenters. The number of piperazine rings is 1. The van der Waals surface area contributed by atoms with Crippen LogP contribution in [-0.4, -0.2) is 44.6 Å². The standard InChI is InChI=1S/C21H29N5OS/c1-3-22-21(24-13-16(2)19-5-4-12-28-19)25-14-17-6-8-18(9-7-17)26-11-10-23-20(27)15-26/h4-9,12,16H,3,10-11,13-15H2,1-2H3,(H,23,27)(H2,22,24,25). The number of benzene rings is 1. The number of aliphatic imine (C=N–C) groups is 1. The Kier molecular flexibility index (Phi) is 7.31. The fraction of sp³-hybridized carbons (Fsp3) is 0.429. The summed E-state index contributed by atoms with van der Waals surface area (Å²) in [4.78, 5) is 19.7. The number of amides is 1. The van der Waals surface area contributed by atoms with Crippen LogP contribution in [0, 0.1) is 0 Å². The van der Waals surface area contributed by atoms with Crippen LogP contribution in [-0.2, 0) is 11.3 Å². The first-order valence-electron chi connectivity index (χ1n) is 9.82. The van der Waals surface area contributed by atoms with Crippen LogP contribution >= 0.6 is 11.3 Å². The van der Waals surface area contributed by atoms with Crippen molar-refractivity contribution in [3.63, 3.8) is 0 Å². The number of guanidine groups is 1. The second kappa shape index (κ2) is 10.1. The zero-order valence-electron chi connectivity index (χ0n) is 16.6. The smallest absolute Gasteiger partial charge is 0.239 e. The summed E-state index contributed by atoms with van der Waals surface area (Å²) in [5, 5.41) is 11.7. The topological polar surface area (TPSA) is 68.8 Å². The van der Waals surface area contributed by atoms with Crippen molar-refractivity contribution in [3.05, 3.63) is 52.2 Å². The number of carbonyl (C=O) groups excluding carboxylic acids is 1. The van der Waals surface area contributed by atoms with Crippen LogP contribution in [0.3, 0.4) is 0 Å². The first-order chi connectivity index (χ1) is 13.7. The van der Waals surface area contributed by atoms with Gasteiger partial charge >= 0.3 is 0 Å². The molecular weight excluding hydrogens is 370 g/mol. The van der Waals surface area contributed by atoms with Crippen LogP contribution < -0.4 is 20.9 Å². The van der Waals surface area contributed by atoms with Crippen molar-refractivity contribution in [3.8, 4) is 0 Å². The number of nitrogens with one attached hydrogen (secondary N) is 3. The van der Waals surface area contributed by atoms with Crippen molar-refractivity contribution in [2.24, 2.45) is 4.99 Å². The van der Waals surface area contributed by atoms with Gasteiger partial charge in [0.25, 0.3) is 0 Å². The van der Waals surface area contributed by atoms with E-state index in [1.54, 1.807) is 11.3 Å². The fourth-order valence-corrected chi connectivity index (χ4v) is 3.89. The van der Waals surface area contributed by atoms with Gasteiger partial charge < -0.3 is 20.9 Å². The fourth-order valence-electron chi connectivity index (χ4n) is 3.11. The van der Waals surface area contributed by atoms with Crippen LogP contribution in [0.25, 0.3) is 0 Å². The summed E-state index contributed by atoms with van der Waals surface area (Å²) >= 11 is 1.79. The zero-order valence-corrected chi connectivity index (χ0v) is 17.4. The molecule has 0 radical (unpaired) electrons. The van der Waals surface area contributed by atoms with Gasteiger partial charge in [0.15, 0.2) is 5.96 Å². The average Bonchev–Trinajstić information content (AvgIpc) is 3.25. The van der Waals surface area contributed by atoms with E-state index in [1.165, 1.54) is 4.88 Å². The molecular formula is C21H29N5OS. The Hall–Kier alpha value is -2.54. The van der Waals surface area contributed by atoms with Gasteiger partial charge in [-0.3, -0.25) is 4.79 Å². The molecule has 1 amide bonds. The highest BCUT2D eigenvalue weighted by Crippen LogP contribution is 2.19. The number of nitrogens with zero attached hydrogens (tertiary/aromatic N) is 2. The molecule has 1 saturated heterocycles. The van der Waals surface area contributed by atoms with Crippen molar-refractivity contribution < 1.29 is 4.79 Å². The van der Waals surface area contributed by atoms with Crippen molar-refractivity contribution in [2.45, 2.75) is 26.3 Å². The third-order valence-electron chi connectivity index (χ3n) is 4.71. The van der Waals surface area contributed by atoms with Gasteiger partial charge in [0.1, 0.15) is 0 Å². The predicted octanol–water partition coefficient (Wildman–Crippen LogP) is 2.54. The maximum atomic E-state index is 11.6. The quantitative estimate of drug-likeness (QED) is 0.494. The maximum absolute atomic E-state index is 11.6. The minimum Gasteiger partial charge on any atom is -0.360 e. The molecule has 6 nitrogen and oxygen atoms in total. The van der Waals surface area contributed by atoms with Gasteiger partial charge in [0.2, 0.25) is 5.91 Å². The Bertz CT molecular complexity index is 773. The maximum Gasteiger partial charge on any atom is 0.239 e. The SMILES string of the molecule is CCNC(=NCc1ccc(N2CCNC(=O)C2)cc1)NCC(C)c1cccs1. The van der Waals surface area contributed by atoms with Crippen LogP contribution in [0.5, 0.6) is 0 Å². The van der Waals surface area contributed by atoms with Crippen molar-refractivity contribution in [1.82, 2.24) is 16.0 Å². The third-order valence-corrected chi connectivity index (χ3v) is 5.81. The van der Waals surface area contributed by atoms with E-state index in [1.807, 2.05) is 0 Å². The lowest BCUT2D eigenvalue weighted by molar-refractivity contribution is -0.120. The van der Waals surface area contributed by atoms with Crippen LogP contribution in [0.4, 0.5) is 5.69 Å². The molecule has 1 aliphatic rings. The van der Waals surface area contributed by atoms with E-state index < -0.39 is 0 Å². The lowest BCUT2D eigenvalue weighted by Gasteiger charge is -2.28. The summed E-state index contributed by atoms with van der Waals surface area (Å²) in [5.41, 5.74) is 2.23. The normalized spacial score (nSPS) is 15.9. The third kappa shape index (κ3) is 5.73. The molecule has 1 aliphatic heterocycles. The molecule has 1 atom stereocenters. The molecule has 0 bridgehead atoms. The number of carbonyl (C=O) groups is 1. The molecule has 1 fully saturated rings. The Morgan fingerprint density at radius 2 is 2.11 bits per heavy atom. The molecule has 0 spiro atoms. The summed E-state index contributed by atoms with van der Waals surface area (Å²) in [6.45, 7) is 8.56. The first kappa shape index (κ1) is 20.2. The van der Waals surface area contributed by atoms with Gasteiger partial charge in [-0.2, -0.15) is 0 Å². The Morgan fingerprint density at radius 1 is 1.29 bits per heavy atom. The largest absolute Gasteiger partial charge is 0.360 e. The minimum atomic E-state index is 0.0815. The molecule has 2 aromatic rings. The number of hydrogen-bond acceptors (Lipinski definition) is 4. The molecule has 150 valence electrons. The summed E-state index contributed by atoms with van der Waals surface area (Å²) < 4.78 is 0. The lowest BCUT2D eigenvalue weighted by atomic mass is 10.1. The number of hydrogen-bond donors (Lipinski definition) is 3. The number of rotatable bonds is 7. The molecule has 1 aromatic heterocycles. The second-order valence-electron chi connectivity index (χ2n) is 6.93. The molecule has 0 aliphatic carbocycles. The van der Waals surface area contributed by atoms with Gasteiger partial charge in [-0.05, 0) is 36.1 Å². The summed E-state index contributed by atoms with van der Waals surface area (Å²) in [5.74, 6) is 1.37. The zero-order chi connectivity index (χ0) is 19.8. The number of anilines is 1. The van der Waals surface area contributed by atoms with Gasteiger partial charge in [-0.1, -0.05) is 25.1 Å². The molecule has 2 heterocycles. The van der Waals surface area contributed by atoms with Gasteiger partial charge in [-0.15, -0.1) is 11.3 Å². The molecule has 1 aromatic carbocycles. The lowest BCUT2D eigenvalue weighted by Crippen LogP contribution is -2.47. The van der Waals surface area contributed by atoms with E-state index >= 15 is 0 Å². The summed E-state index contributed by atoms with van der Waals surface area (Å²) in [6.07, 6.45) is 0. The van der Waals surface area contributed by atoms with Crippen molar-refractivity contribution >= 4 is 28.9 Å². The van der Waals surface area contributed by atoms with Crippen LogP contribution in [0.2, 0.25) is 0 Å². The van der Waals surface area contributed by atoms with E-state index in [2.05, 4.69) is 76.5 Å². The van der Waals surface area contributed by atoms with E-state index in [0.29, 0.717) is 25.6 Å². The Labute approximate surface area is 171 Å². The molecule has 3 rings (SSSR count). The van der Waals surface area contributed by atoms with Gasteiger partial charge in [0.05, 0.1) is 13.1 Å². The van der Waals surface area contributed by atoms with E-state index in [9.17, 15) is 4.79 Å². The molecule has 3 N–H and O–H groups in total. The molecule has 0 saturated carbocycles. The summed E-state index contributed by atoms with van der Waals surface area (Å²) in [7, 11) is 0.